The van der Waals surface area contributed by atoms with Crippen molar-refractivity contribution in [2.45, 2.75) is 51.1 Å². The highest BCUT2D eigenvalue weighted by molar-refractivity contribution is 5.88. The lowest BCUT2D eigenvalue weighted by Crippen LogP contribution is -2.24. The van der Waals surface area contributed by atoms with E-state index in [0.717, 1.165) is 43.7 Å². The second kappa shape index (κ2) is 5.77. The number of hydrogen-bond acceptors (Lipinski definition) is 7. The van der Waals surface area contributed by atoms with Gasteiger partial charge in [0.05, 0.1) is 6.04 Å². The van der Waals surface area contributed by atoms with Gasteiger partial charge in [-0.2, -0.15) is 4.98 Å². The molecule has 1 aliphatic carbocycles. The quantitative estimate of drug-likeness (QED) is 0.906. The first kappa shape index (κ1) is 14.4. The molecule has 4 rings (SSSR count). The van der Waals surface area contributed by atoms with Crippen molar-refractivity contribution in [1.82, 2.24) is 20.2 Å². The topological polar surface area (TPSA) is 111 Å². The van der Waals surface area contributed by atoms with Gasteiger partial charge in [-0.25, -0.2) is 0 Å². The predicted molar refractivity (Wildman–Crippen MR) is 78.3 cm³/mol. The number of amides is 1. The summed E-state index contributed by atoms with van der Waals surface area (Å²) in [6.07, 6.45) is 6.35. The van der Waals surface area contributed by atoms with Gasteiger partial charge in [-0.3, -0.25) is 9.69 Å². The summed E-state index contributed by atoms with van der Waals surface area (Å²) in [4.78, 5) is 17.5. The van der Waals surface area contributed by atoms with E-state index in [-0.39, 0.29) is 11.9 Å². The first-order valence-electron chi connectivity index (χ1n) is 8.06. The molecule has 0 spiro atoms. The molecule has 1 atom stereocenters. The smallest absolute Gasteiger partial charge is 0.290 e. The number of carbonyl (C=O) groups excluding carboxylic acids is 1. The summed E-state index contributed by atoms with van der Waals surface area (Å²) in [5.74, 6) is 0.755. The zero-order chi connectivity index (χ0) is 15.8. The highest BCUT2D eigenvalue weighted by Crippen LogP contribution is 2.33. The SMILES string of the molecule is NC(=O)c1noc(C2CCCN2Cc2noc3c2CCCC3)n1. The number of hydrogen-bond donors (Lipinski definition) is 1. The number of carbonyl (C=O) groups is 1. The summed E-state index contributed by atoms with van der Waals surface area (Å²) >= 11 is 0. The number of nitrogens with two attached hydrogens (primary N) is 1. The van der Waals surface area contributed by atoms with Crippen LogP contribution < -0.4 is 5.73 Å². The van der Waals surface area contributed by atoms with E-state index >= 15 is 0 Å². The van der Waals surface area contributed by atoms with Crippen molar-refractivity contribution in [3.63, 3.8) is 0 Å². The zero-order valence-corrected chi connectivity index (χ0v) is 12.8. The van der Waals surface area contributed by atoms with Gasteiger partial charge in [0.15, 0.2) is 0 Å². The van der Waals surface area contributed by atoms with Crippen LogP contribution in [0.5, 0.6) is 0 Å². The van der Waals surface area contributed by atoms with Crippen molar-refractivity contribution in [3.05, 3.63) is 28.7 Å². The van der Waals surface area contributed by atoms with Gasteiger partial charge in [-0.05, 0) is 38.6 Å². The van der Waals surface area contributed by atoms with E-state index in [1.165, 1.54) is 18.4 Å². The normalized spacial score (nSPS) is 21.5. The molecule has 0 radical (unpaired) electrons. The number of rotatable bonds is 4. The maximum absolute atomic E-state index is 11.1. The van der Waals surface area contributed by atoms with Crippen LogP contribution in [0.2, 0.25) is 0 Å². The summed E-state index contributed by atoms with van der Waals surface area (Å²) in [5, 5.41) is 7.91. The fourth-order valence-corrected chi connectivity index (χ4v) is 3.53. The van der Waals surface area contributed by atoms with E-state index in [2.05, 4.69) is 20.2 Å². The first-order chi connectivity index (χ1) is 11.2. The number of fused-ring (bicyclic) bond motifs is 1. The molecule has 23 heavy (non-hydrogen) atoms. The summed E-state index contributed by atoms with van der Waals surface area (Å²) in [6.45, 7) is 1.64. The molecular formula is C15H19N5O3. The Hall–Kier alpha value is -2.22. The summed E-state index contributed by atoms with van der Waals surface area (Å²) < 4.78 is 10.7. The van der Waals surface area contributed by atoms with Crippen LogP contribution in [-0.4, -0.2) is 32.6 Å². The third-order valence-electron chi connectivity index (χ3n) is 4.70. The van der Waals surface area contributed by atoms with Crippen LogP contribution in [0.4, 0.5) is 0 Å². The summed E-state index contributed by atoms with van der Waals surface area (Å²) in [7, 11) is 0. The van der Waals surface area contributed by atoms with Gasteiger partial charge in [-0.15, -0.1) is 0 Å². The molecule has 8 nitrogen and oxygen atoms in total. The zero-order valence-electron chi connectivity index (χ0n) is 12.8. The summed E-state index contributed by atoms with van der Waals surface area (Å²) in [5.41, 5.74) is 7.47. The Bertz CT molecular complexity index is 723. The number of aromatic nitrogens is 3. The molecule has 1 unspecified atom stereocenters. The van der Waals surface area contributed by atoms with E-state index < -0.39 is 5.91 Å². The van der Waals surface area contributed by atoms with Crippen LogP contribution in [0.25, 0.3) is 0 Å². The van der Waals surface area contributed by atoms with Gasteiger partial charge < -0.3 is 14.8 Å². The number of nitrogens with zero attached hydrogens (tertiary/aromatic N) is 4. The van der Waals surface area contributed by atoms with Gasteiger partial charge in [0.25, 0.3) is 11.7 Å². The fraction of sp³-hybridized carbons (Fsp3) is 0.600. The van der Waals surface area contributed by atoms with Crippen LogP contribution in [-0.2, 0) is 19.4 Å². The number of primary amides is 1. The number of likely N-dealkylation sites (tertiary alicyclic amines) is 1. The highest BCUT2D eigenvalue weighted by Gasteiger charge is 2.33. The second-order valence-electron chi connectivity index (χ2n) is 6.19. The maximum atomic E-state index is 11.1. The van der Waals surface area contributed by atoms with E-state index in [1.807, 2.05) is 0 Å². The third-order valence-corrected chi connectivity index (χ3v) is 4.70. The fourth-order valence-electron chi connectivity index (χ4n) is 3.53. The molecule has 2 aromatic heterocycles. The summed E-state index contributed by atoms with van der Waals surface area (Å²) in [6, 6.07) is 0.00606. The van der Waals surface area contributed by atoms with Crippen molar-refractivity contribution in [1.29, 1.82) is 0 Å². The Morgan fingerprint density at radius 1 is 1.22 bits per heavy atom. The van der Waals surface area contributed by atoms with Gasteiger partial charge in [0.1, 0.15) is 11.5 Å². The minimum atomic E-state index is -0.671. The maximum Gasteiger partial charge on any atom is 0.290 e. The third kappa shape index (κ3) is 2.63. The van der Waals surface area contributed by atoms with E-state index in [9.17, 15) is 4.79 Å². The van der Waals surface area contributed by atoms with Gasteiger partial charge in [0.2, 0.25) is 5.89 Å². The van der Waals surface area contributed by atoms with Crippen molar-refractivity contribution in [3.8, 4) is 0 Å². The van der Waals surface area contributed by atoms with Crippen LogP contribution in [0, 0.1) is 0 Å². The van der Waals surface area contributed by atoms with Crippen molar-refractivity contribution >= 4 is 5.91 Å². The van der Waals surface area contributed by atoms with Crippen LogP contribution in [0.3, 0.4) is 0 Å². The lowest BCUT2D eigenvalue weighted by atomic mass is 9.96. The Balaban J connectivity index is 1.53. The molecule has 1 aliphatic heterocycles. The van der Waals surface area contributed by atoms with Crippen molar-refractivity contribution in [2.75, 3.05) is 6.54 Å². The highest BCUT2D eigenvalue weighted by atomic mass is 16.5. The molecule has 2 aromatic rings. The number of aryl methyl sites for hydroxylation is 1. The van der Waals surface area contributed by atoms with Gasteiger partial charge in [0, 0.05) is 18.5 Å². The molecule has 0 bridgehead atoms. The molecule has 1 saturated heterocycles. The second-order valence-corrected chi connectivity index (χ2v) is 6.19. The minimum Gasteiger partial charge on any atom is -0.363 e. The van der Waals surface area contributed by atoms with Crippen LogP contribution in [0.1, 0.15) is 65.3 Å². The predicted octanol–water partition coefficient (Wildman–Crippen LogP) is 1.37. The molecule has 1 amide bonds. The molecule has 2 N–H and O–H groups in total. The Labute approximate surface area is 133 Å². The monoisotopic (exact) mass is 317 g/mol. The molecule has 3 heterocycles. The van der Waals surface area contributed by atoms with Crippen molar-refractivity contribution < 1.29 is 13.8 Å². The van der Waals surface area contributed by atoms with Crippen molar-refractivity contribution in [2.24, 2.45) is 5.73 Å². The van der Waals surface area contributed by atoms with Gasteiger partial charge >= 0.3 is 0 Å². The van der Waals surface area contributed by atoms with E-state index in [0.29, 0.717) is 12.4 Å². The first-order valence-corrected chi connectivity index (χ1v) is 8.06. The molecular weight excluding hydrogens is 298 g/mol. The largest absolute Gasteiger partial charge is 0.363 e. The molecule has 0 aromatic carbocycles. The molecule has 2 aliphatic rings. The average Bonchev–Trinajstić information content (AvgIpc) is 3.26. The Morgan fingerprint density at radius 2 is 2.09 bits per heavy atom. The molecule has 8 heteroatoms. The lowest BCUT2D eigenvalue weighted by molar-refractivity contribution is 0.0987. The minimum absolute atomic E-state index is 0.00606. The van der Waals surface area contributed by atoms with E-state index in [1.54, 1.807) is 0 Å². The lowest BCUT2D eigenvalue weighted by Gasteiger charge is -2.21. The van der Waals surface area contributed by atoms with Crippen LogP contribution in [0.15, 0.2) is 9.05 Å². The van der Waals surface area contributed by atoms with E-state index in [4.69, 9.17) is 14.8 Å². The average molecular weight is 317 g/mol. The van der Waals surface area contributed by atoms with Crippen LogP contribution >= 0.6 is 0 Å². The molecule has 1 fully saturated rings. The Morgan fingerprint density at radius 3 is 2.91 bits per heavy atom. The van der Waals surface area contributed by atoms with Gasteiger partial charge in [-0.1, -0.05) is 10.3 Å². The standard InChI is InChI=1S/C15H19N5O3/c16-13(21)14-17-15(23-19-14)11-5-3-7-20(11)8-10-9-4-1-2-6-12(9)22-18-10/h11H,1-8H2,(H2,16,21). The molecule has 0 saturated carbocycles. The molecule has 122 valence electrons. The Kier molecular flexibility index (Phi) is 3.60.